The third-order valence-corrected chi connectivity index (χ3v) is 10.7. The standard InChI is InChI=1S/C23H25N5O3.C10H13N5O4.C10H12N4O3/c24-22-21-23(26-15-25-22)28(16-27-21)17-31-20(13-29-11-18-7-3-1-4-8-18)14-30-12-19-9-5-2-6-10-19;1-5-3-15(10(18)12-9(5)17)8-2-6(13-14-11)7(4-16)19-8;15-3-6-1-2-7(17-6)14-5-13-8-9(14)11-4-12-10(8)16/h1-10,15-16,20H,11-14,17H2,(H2,24,25,26);3,6-8,16H,2,4H2,1H3,(H,12,17,18);4-7,15H,1-3H2,(H,11,12,16)/t;6-,7+,8+;6-,7+/m.00/s1. The van der Waals surface area contributed by atoms with Crippen molar-refractivity contribution in [2.75, 3.05) is 32.2 Å². The van der Waals surface area contributed by atoms with Crippen LogP contribution in [0.5, 0.6) is 0 Å². The first kappa shape index (κ1) is 47.8. The Morgan fingerprint density at radius 3 is 2.21 bits per heavy atom. The average Bonchev–Trinajstić information content (AvgIpc) is 4.17. The lowest BCUT2D eigenvalue weighted by atomic mass is 10.1. The average molecular weight is 923 g/mol. The van der Waals surface area contributed by atoms with Crippen molar-refractivity contribution in [3.63, 3.8) is 0 Å². The summed E-state index contributed by atoms with van der Waals surface area (Å²) in [6.07, 6.45) is 7.26. The van der Waals surface area contributed by atoms with Gasteiger partial charge in [0.1, 0.15) is 37.1 Å². The van der Waals surface area contributed by atoms with E-state index in [2.05, 4.69) is 44.9 Å². The number of aromatic amines is 2. The van der Waals surface area contributed by atoms with E-state index in [9.17, 15) is 14.4 Å². The Hall–Kier alpha value is -7.15. The fourth-order valence-electron chi connectivity index (χ4n) is 7.23. The van der Waals surface area contributed by atoms with E-state index in [4.69, 9.17) is 45.2 Å². The molecule has 0 spiro atoms. The van der Waals surface area contributed by atoms with E-state index in [0.29, 0.717) is 60.1 Å². The third kappa shape index (κ3) is 12.4. The molecule has 2 aromatic carbocycles. The van der Waals surface area contributed by atoms with Crippen molar-refractivity contribution in [1.29, 1.82) is 0 Å². The van der Waals surface area contributed by atoms with Gasteiger partial charge in [-0.1, -0.05) is 65.8 Å². The van der Waals surface area contributed by atoms with E-state index in [0.717, 1.165) is 24.0 Å². The molecule has 352 valence electrons. The van der Waals surface area contributed by atoms with E-state index in [-0.39, 0.29) is 50.4 Å². The molecule has 2 saturated heterocycles. The molecular formula is C43H50N14O10. The summed E-state index contributed by atoms with van der Waals surface area (Å²) < 4.78 is 33.7. The highest BCUT2D eigenvalue weighted by molar-refractivity contribution is 5.81. The first-order chi connectivity index (χ1) is 32.6. The maximum Gasteiger partial charge on any atom is 0.330 e. The van der Waals surface area contributed by atoms with Crippen LogP contribution in [0, 0.1) is 6.92 Å². The van der Waals surface area contributed by atoms with Gasteiger partial charge in [-0.15, -0.1) is 0 Å². The molecule has 5 aromatic heterocycles. The number of aromatic nitrogens is 10. The topological polar surface area (TPSA) is 323 Å². The number of aliphatic hydroxyl groups excluding tert-OH is 2. The molecule has 2 aliphatic heterocycles. The summed E-state index contributed by atoms with van der Waals surface area (Å²) in [6.45, 7) is 3.34. The fourth-order valence-corrected chi connectivity index (χ4v) is 7.23. The van der Waals surface area contributed by atoms with Crippen molar-refractivity contribution in [3.8, 4) is 0 Å². The van der Waals surface area contributed by atoms with Crippen LogP contribution >= 0.6 is 0 Å². The lowest BCUT2D eigenvalue weighted by molar-refractivity contribution is -0.0866. The number of ether oxygens (including phenoxy) is 5. The normalized spacial score (nSPS) is 18.9. The zero-order valence-electron chi connectivity index (χ0n) is 36.4. The van der Waals surface area contributed by atoms with Crippen LogP contribution in [-0.4, -0.2) is 110 Å². The molecule has 6 N–H and O–H groups in total. The summed E-state index contributed by atoms with van der Waals surface area (Å²) in [5.41, 5.74) is 17.6. The van der Waals surface area contributed by atoms with Crippen molar-refractivity contribution in [2.45, 2.75) is 82.9 Å². The Kier molecular flexibility index (Phi) is 16.7. The highest BCUT2D eigenvalue weighted by atomic mass is 16.6. The van der Waals surface area contributed by atoms with E-state index in [1.807, 2.05) is 60.7 Å². The monoisotopic (exact) mass is 922 g/mol. The van der Waals surface area contributed by atoms with Gasteiger partial charge in [0, 0.05) is 23.1 Å². The van der Waals surface area contributed by atoms with Crippen LogP contribution in [0.2, 0.25) is 0 Å². The highest BCUT2D eigenvalue weighted by Gasteiger charge is 2.36. The number of nitrogens with one attached hydrogen (secondary N) is 2. The van der Waals surface area contributed by atoms with Gasteiger partial charge in [-0.05, 0) is 36.4 Å². The Labute approximate surface area is 380 Å². The number of azide groups is 1. The number of nitrogens with zero attached hydrogens (tertiary/aromatic N) is 11. The van der Waals surface area contributed by atoms with Crippen LogP contribution in [-0.2, 0) is 43.6 Å². The zero-order chi connectivity index (χ0) is 47.1. The molecule has 0 saturated carbocycles. The number of nitrogen functional groups attached to an aromatic ring is 1. The number of nitrogens with two attached hydrogens (primary N) is 1. The summed E-state index contributed by atoms with van der Waals surface area (Å²) in [5.74, 6) is 0.345. The van der Waals surface area contributed by atoms with Crippen molar-refractivity contribution < 1.29 is 33.9 Å². The van der Waals surface area contributed by atoms with Crippen molar-refractivity contribution in [1.82, 2.24) is 48.6 Å². The van der Waals surface area contributed by atoms with Gasteiger partial charge < -0.3 is 44.6 Å². The van der Waals surface area contributed by atoms with Gasteiger partial charge >= 0.3 is 5.69 Å². The second kappa shape index (κ2) is 23.3. The Balaban J connectivity index is 0.000000159. The minimum absolute atomic E-state index is 0.0111. The first-order valence-corrected chi connectivity index (χ1v) is 21.2. The minimum Gasteiger partial charge on any atom is -0.394 e. The van der Waals surface area contributed by atoms with Crippen LogP contribution in [0.15, 0.2) is 112 Å². The predicted molar refractivity (Wildman–Crippen MR) is 240 cm³/mol. The number of benzene rings is 2. The van der Waals surface area contributed by atoms with Gasteiger partial charge in [-0.2, -0.15) is 0 Å². The lowest BCUT2D eigenvalue weighted by Crippen LogP contribution is -2.33. The molecule has 2 fully saturated rings. The quantitative estimate of drug-likeness (QED) is 0.0528. The summed E-state index contributed by atoms with van der Waals surface area (Å²) in [7, 11) is 0. The molecule has 0 radical (unpaired) electrons. The highest BCUT2D eigenvalue weighted by Crippen LogP contribution is 2.30. The summed E-state index contributed by atoms with van der Waals surface area (Å²) in [6, 6.07) is 19.5. The van der Waals surface area contributed by atoms with Gasteiger partial charge in [-0.25, -0.2) is 29.7 Å². The molecular weight excluding hydrogens is 873 g/mol. The van der Waals surface area contributed by atoms with Crippen molar-refractivity contribution in [2.24, 2.45) is 5.11 Å². The fraction of sp³-hybridized carbons (Fsp3) is 0.395. The van der Waals surface area contributed by atoms with Crippen molar-refractivity contribution in [3.05, 3.63) is 150 Å². The largest absolute Gasteiger partial charge is 0.394 e. The molecule has 0 aliphatic carbocycles. The number of H-pyrrole nitrogens is 2. The molecule has 7 heterocycles. The molecule has 5 atom stereocenters. The number of aryl methyl sites for hydroxylation is 1. The number of rotatable bonds is 16. The van der Waals surface area contributed by atoms with Crippen LogP contribution in [0.25, 0.3) is 32.8 Å². The van der Waals surface area contributed by atoms with Gasteiger partial charge in [0.05, 0.1) is 76.9 Å². The Morgan fingerprint density at radius 2 is 1.55 bits per heavy atom. The molecule has 0 bridgehead atoms. The predicted octanol–water partition coefficient (Wildman–Crippen LogP) is 2.78. The number of fused-ring (bicyclic) bond motifs is 2. The SMILES string of the molecule is Cc1cn([C@H]2C[C@H](N=[N+]=[N-])[C@@H](CO)O2)c(=O)[nH]c1=O.Nc1ncnc2c1ncn2COC(COCc1ccccc1)COCc1ccccc1.O=c1[nH]cnc2c1ncn2[C@H]1CC[C@@H](CO)O1. The summed E-state index contributed by atoms with van der Waals surface area (Å²) in [4.78, 5) is 62.4. The number of hydrogen-bond donors (Lipinski definition) is 5. The first-order valence-electron chi connectivity index (χ1n) is 21.2. The molecule has 2 aliphatic rings. The lowest BCUT2D eigenvalue weighted by Gasteiger charge is -2.19. The van der Waals surface area contributed by atoms with Gasteiger partial charge in [0.25, 0.3) is 11.1 Å². The van der Waals surface area contributed by atoms with Gasteiger partial charge in [-0.3, -0.25) is 28.3 Å². The number of imidazole rings is 2. The molecule has 9 rings (SSSR count). The number of aliphatic hydroxyl groups is 2. The molecule has 24 nitrogen and oxygen atoms in total. The van der Waals surface area contributed by atoms with Crippen LogP contribution < -0.4 is 22.5 Å². The van der Waals surface area contributed by atoms with E-state index >= 15 is 0 Å². The van der Waals surface area contributed by atoms with Gasteiger partial charge in [0.2, 0.25) is 0 Å². The van der Waals surface area contributed by atoms with Crippen LogP contribution in [0.4, 0.5) is 5.82 Å². The van der Waals surface area contributed by atoms with Crippen molar-refractivity contribution >= 4 is 28.1 Å². The smallest absolute Gasteiger partial charge is 0.330 e. The molecule has 7 aromatic rings. The molecule has 67 heavy (non-hydrogen) atoms. The number of anilines is 1. The maximum absolute atomic E-state index is 11.7. The Bertz CT molecular complexity index is 2860. The molecule has 0 unspecified atom stereocenters. The van der Waals surface area contributed by atoms with E-state index in [1.54, 1.807) is 28.7 Å². The summed E-state index contributed by atoms with van der Waals surface area (Å²) in [5, 5.41) is 21.7. The second-order valence-corrected chi connectivity index (χ2v) is 15.4. The minimum atomic E-state index is -0.671. The van der Waals surface area contributed by atoms with Crippen LogP contribution in [0.1, 0.15) is 48.4 Å². The molecule has 0 amide bonds. The van der Waals surface area contributed by atoms with E-state index in [1.165, 1.54) is 23.4 Å². The van der Waals surface area contributed by atoms with E-state index < -0.39 is 29.6 Å². The maximum atomic E-state index is 11.7. The second-order valence-electron chi connectivity index (χ2n) is 15.4. The summed E-state index contributed by atoms with van der Waals surface area (Å²) >= 11 is 0. The third-order valence-electron chi connectivity index (χ3n) is 10.7. The number of hydrogen-bond acceptors (Lipinski definition) is 17. The molecule has 24 heteroatoms. The van der Waals surface area contributed by atoms with Crippen LogP contribution in [0.3, 0.4) is 0 Å². The zero-order valence-corrected chi connectivity index (χ0v) is 36.4. The van der Waals surface area contributed by atoms with Gasteiger partial charge in [0.15, 0.2) is 22.6 Å². The Morgan fingerprint density at radius 1 is 0.851 bits per heavy atom.